The first-order valence-corrected chi connectivity index (χ1v) is 10.3. The number of carboxylic acids is 1. The van der Waals surface area contributed by atoms with Gasteiger partial charge in [0.25, 0.3) is 0 Å². The zero-order valence-electron chi connectivity index (χ0n) is 18.2. The number of aliphatic hydroxyl groups excluding tert-OH is 1. The highest BCUT2D eigenvalue weighted by molar-refractivity contribution is 5.77. The molecule has 0 fully saturated rings. The standard InChI is InChI=1S/C26H28N2O3/c1-18-7-8-20(11-12-26(3,17-29)25(30)31)15-22(18)10-9-21-5-4-6-23(19(21)2)24-16-27-13-14-28-24/h4-10,13-16,29H,11-12,17H2,1-3H3,(H,30,31). The molecule has 0 amide bonds. The van der Waals surface area contributed by atoms with Crippen LogP contribution in [0.4, 0.5) is 0 Å². The smallest absolute Gasteiger partial charge is 0.311 e. The van der Waals surface area contributed by atoms with Crippen LogP contribution in [0.5, 0.6) is 0 Å². The predicted octanol–water partition coefficient (Wildman–Crippen LogP) is 4.95. The number of carboxylic acid groups (broad SMARTS) is 1. The van der Waals surface area contributed by atoms with Crippen LogP contribution in [0.1, 0.15) is 41.2 Å². The summed E-state index contributed by atoms with van der Waals surface area (Å²) < 4.78 is 0. The number of aromatic nitrogens is 2. The molecule has 1 heterocycles. The van der Waals surface area contributed by atoms with Crippen LogP contribution in [0.15, 0.2) is 55.0 Å². The first-order valence-electron chi connectivity index (χ1n) is 10.3. The Hall–Kier alpha value is -3.31. The lowest BCUT2D eigenvalue weighted by Gasteiger charge is -2.21. The highest BCUT2D eigenvalue weighted by Gasteiger charge is 2.31. The van der Waals surface area contributed by atoms with Crippen LogP contribution in [0.25, 0.3) is 23.4 Å². The average molecular weight is 417 g/mol. The van der Waals surface area contributed by atoms with Crippen molar-refractivity contribution in [2.45, 2.75) is 33.6 Å². The maximum atomic E-state index is 11.4. The largest absolute Gasteiger partial charge is 0.481 e. The summed E-state index contributed by atoms with van der Waals surface area (Å²) in [5.41, 5.74) is 6.29. The van der Waals surface area contributed by atoms with Crippen molar-refractivity contribution in [3.63, 3.8) is 0 Å². The van der Waals surface area contributed by atoms with Crippen LogP contribution in [0.2, 0.25) is 0 Å². The number of hydrogen-bond donors (Lipinski definition) is 2. The van der Waals surface area contributed by atoms with Gasteiger partial charge < -0.3 is 10.2 Å². The number of nitrogens with zero attached hydrogens (tertiary/aromatic N) is 2. The summed E-state index contributed by atoms with van der Waals surface area (Å²) in [5, 5.41) is 18.8. The van der Waals surface area contributed by atoms with E-state index >= 15 is 0 Å². The topological polar surface area (TPSA) is 83.3 Å². The van der Waals surface area contributed by atoms with E-state index in [2.05, 4.69) is 54.2 Å². The fraction of sp³-hybridized carbons (Fsp3) is 0.269. The van der Waals surface area contributed by atoms with Crippen LogP contribution < -0.4 is 0 Å². The van der Waals surface area contributed by atoms with Gasteiger partial charge in [0.1, 0.15) is 0 Å². The van der Waals surface area contributed by atoms with E-state index in [4.69, 9.17) is 0 Å². The first-order chi connectivity index (χ1) is 14.8. The van der Waals surface area contributed by atoms with Crippen LogP contribution in [-0.4, -0.2) is 32.8 Å². The lowest BCUT2D eigenvalue weighted by molar-refractivity contribution is -0.150. The second-order valence-corrected chi connectivity index (χ2v) is 8.16. The molecule has 1 atom stereocenters. The van der Waals surface area contributed by atoms with E-state index in [1.54, 1.807) is 25.5 Å². The Morgan fingerprint density at radius 3 is 2.55 bits per heavy atom. The Kier molecular flexibility index (Phi) is 6.98. The third-order valence-corrected chi connectivity index (χ3v) is 5.83. The van der Waals surface area contributed by atoms with E-state index in [0.717, 1.165) is 39.1 Å². The number of rotatable bonds is 8. The second kappa shape index (κ2) is 9.67. The van der Waals surface area contributed by atoms with Gasteiger partial charge in [-0.05, 0) is 61.4 Å². The van der Waals surface area contributed by atoms with Gasteiger partial charge in [0.05, 0.1) is 23.9 Å². The summed E-state index contributed by atoms with van der Waals surface area (Å²) in [4.78, 5) is 20.0. The highest BCUT2D eigenvalue weighted by atomic mass is 16.4. The third-order valence-electron chi connectivity index (χ3n) is 5.83. The maximum absolute atomic E-state index is 11.4. The average Bonchev–Trinajstić information content (AvgIpc) is 2.78. The van der Waals surface area contributed by atoms with Gasteiger partial charge in [-0.15, -0.1) is 0 Å². The van der Waals surface area contributed by atoms with Crippen molar-refractivity contribution in [3.05, 3.63) is 82.8 Å². The minimum atomic E-state index is -1.13. The molecule has 0 bridgehead atoms. The Morgan fingerprint density at radius 2 is 1.87 bits per heavy atom. The maximum Gasteiger partial charge on any atom is 0.311 e. The van der Waals surface area contributed by atoms with E-state index < -0.39 is 11.4 Å². The monoisotopic (exact) mass is 416 g/mol. The van der Waals surface area contributed by atoms with Gasteiger partial charge in [-0.3, -0.25) is 14.8 Å². The SMILES string of the molecule is Cc1ccc(CCC(C)(CO)C(=O)O)cc1C=Cc1cccc(-c2cnccn2)c1C. The minimum Gasteiger partial charge on any atom is -0.481 e. The molecule has 0 spiro atoms. The van der Waals surface area contributed by atoms with Crippen molar-refractivity contribution in [3.8, 4) is 11.3 Å². The number of aliphatic carboxylic acids is 1. The predicted molar refractivity (Wildman–Crippen MR) is 123 cm³/mol. The Balaban J connectivity index is 1.83. The molecule has 0 saturated carbocycles. The van der Waals surface area contributed by atoms with Crippen LogP contribution in [0, 0.1) is 19.3 Å². The molecule has 5 nitrogen and oxygen atoms in total. The van der Waals surface area contributed by atoms with Gasteiger partial charge in [0.2, 0.25) is 0 Å². The van der Waals surface area contributed by atoms with Gasteiger partial charge >= 0.3 is 5.97 Å². The fourth-order valence-electron chi connectivity index (χ4n) is 3.43. The van der Waals surface area contributed by atoms with Crippen LogP contribution in [0.3, 0.4) is 0 Å². The van der Waals surface area contributed by atoms with Crippen molar-refractivity contribution in [1.29, 1.82) is 0 Å². The molecule has 1 aromatic heterocycles. The normalized spacial score (nSPS) is 13.3. The third kappa shape index (κ3) is 5.25. The lowest BCUT2D eigenvalue weighted by atomic mass is 9.84. The number of carbonyl (C=O) groups is 1. The molecular weight excluding hydrogens is 388 g/mol. The van der Waals surface area contributed by atoms with E-state index in [9.17, 15) is 15.0 Å². The van der Waals surface area contributed by atoms with Gasteiger partial charge in [-0.2, -0.15) is 0 Å². The minimum absolute atomic E-state index is 0.373. The molecule has 0 aliphatic rings. The molecule has 2 aromatic carbocycles. The summed E-state index contributed by atoms with van der Waals surface area (Å²) in [6.07, 6.45) is 10.3. The van der Waals surface area contributed by atoms with E-state index in [1.807, 2.05) is 18.2 Å². The van der Waals surface area contributed by atoms with Gasteiger partial charge in [-0.25, -0.2) is 0 Å². The van der Waals surface area contributed by atoms with Crippen molar-refractivity contribution >= 4 is 18.1 Å². The molecule has 1 unspecified atom stereocenters. The first kappa shape index (κ1) is 22.4. The van der Waals surface area contributed by atoms with Crippen molar-refractivity contribution < 1.29 is 15.0 Å². The quantitative estimate of drug-likeness (QED) is 0.508. The number of hydrogen-bond acceptors (Lipinski definition) is 4. The summed E-state index contributed by atoms with van der Waals surface area (Å²) in [6.45, 7) is 5.34. The van der Waals surface area contributed by atoms with E-state index in [0.29, 0.717) is 12.8 Å². The van der Waals surface area contributed by atoms with Gasteiger partial charge in [0.15, 0.2) is 0 Å². The molecule has 0 aliphatic heterocycles. The van der Waals surface area contributed by atoms with Crippen molar-refractivity contribution in [1.82, 2.24) is 9.97 Å². The highest BCUT2D eigenvalue weighted by Crippen LogP contribution is 2.27. The lowest BCUT2D eigenvalue weighted by Crippen LogP contribution is -2.32. The van der Waals surface area contributed by atoms with E-state index in [1.165, 1.54) is 0 Å². The van der Waals surface area contributed by atoms with Crippen molar-refractivity contribution in [2.24, 2.45) is 5.41 Å². The van der Waals surface area contributed by atoms with Crippen LogP contribution >= 0.6 is 0 Å². The Labute approximate surface area is 183 Å². The molecular formula is C26H28N2O3. The van der Waals surface area contributed by atoms with Crippen LogP contribution in [-0.2, 0) is 11.2 Å². The molecule has 3 aromatic rings. The summed E-state index contributed by atoms with van der Waals surface area (Å²) >= 11 is 0. The number of aryl methyl sites for hydroxylation is 2. The molecule has 0 saturated heterocycles. The summed E-state index contributed by atoms with van der Waals surface area (Å²) in [7, 11) is 0. The summed E-state index contributed by atoms with van der Waals surface area (Å²) in [6, 6.07) is 12.3. The molecule has 31 heavy (non-hydrogen) atoms. The fourth-order valence-corrected chi connectivity index (χ4v) is 3.43. The molecule has 160 valence electrons. The van der Waals surface area contributed by atoms with Gasteiger partial charge in [0, 0.05) is 18.0 Å². The number of benzene rings is 2. The number of aliphatic hydroxyl groups is 1. The zero-order valence-corrected chi connectivity index (χ0v) is 18.2. The molecule has 3 rings (SSSR count). The molecule has 0 radical (unpaired) electrons. The van der Waals surface area contributed by atoms with Gasteiger partial charge in [-0.1, -0.05) is 48.6 Å². The second-order valence-electron chi connectivity index (χ2n) is 8.16. The zero-order chi connectivity index (χ0) is 22.4. The molecule has 5 heteroatoms. The molecule has 0 aliphatic carbocycles. The Morgan fingerprint density at radius 1 is 1.10 bits per heavy atom. The van der Waals surface area contributed by atoms with E-state index in [-0.39, 0.29) is 6.61 Å². The van der Waals surface area contributed by atoms with Crippen molar-refractivity contribution in [2.75, 3.05) is 6.61 Å². The summed E-state index contributed by atoms with van der Waals surface area (Å²) in [5.74, 6) is -0.972. The Bertz CT molecular complexity index is 1090. The molecule has 2 N–H and O–H groups in total.